The summed E-state index contributed by atoms with van der Waals surface area (Å²) in [5.41, 5.74) is 0.831. The van der Waals surface area contributed by atoms with Crippen LogP contribution in [0.1, 0.15) is 5.56 Å². The zero-order valence-electron chi connectivity index (χ0n) is 10.5. The highest BCUT2D eigenvalue weighted by molar-refractivity contribution is 9.10. The van der Waals surface area contributed by atoms with Gasteiger partial charge in [-0.2, -0.15) is 0 Å². The van der Waals surface area contributed by atoms with E-state index in [1.54, 1.807) is 25.2 Å². The van der Waals surface area contributed by atoms with Gasteiger partial charge in [-0.15, -0.1) is 0 Å². The van der Waals surface area contributed by atoms with Crippen molar-refractivity contribution in [2.24, 2.45) is 0 Å². The van der Waals surface area contributed by atoms with Gasteiger partial charge in [0, 0.05) is 17.1 Å². The number of benzene rings is 2. The van der Waals surface area contributed by atoms with Gasteiger partial charge in [-0.05, 0) is 46.7 Å². The molecule has 0 fully saturated rings. The fourth-order valence-corrected chi connectivity index (χ4v) is 2.47. The van der Waals surface area contributed by atoms with E-state index in [4.69, 9.17) is 27.9 Å². The average molecular weight is 379 g/mol. The number of halogens is 4. The highest BCUT2D eigenvalue weighted by Crippen LogP contribution is 2.37. The van der Waals surface area contributed by atoms with Crippen LogP contribution in [-0.2, 0) is 6.54 Å². The van der Waals surface area contributed by atoms with Crippen molar-refractivity contribution >= 4 is 39.1 Å². The minimum Gasteiger partial charge on any atom is -0.453 e. The van der Waals surface area contributed by atoms with E-state index < -0.39 is 5.82 Å². The Labute approximate surface area is 135 Å². The van der Waals surface area contributed by atoms with Crippen LogP contribution >= 0.6 is 39.1 Å². The number of nitrogens with one attached hydrogen (secondary N) is 1. The zero-order chi connectivity index (χ0) is 14.7. The highest BCUT2D eigenvalue weighted by Gasteiger charge is 2.11. The van der Waals surface area contributed by atoms with Gasteiger partial charge in [0.15, 0.2) is 11.6 Å². The van der Waals surface area contributed by atoms with Crippen LogP contribution in [0.2, 0.25) is 10.0 Å². The first kappa shape index (κ1) is 15.6. The molecule has 0 saturated heterocycles. The van der Waals surface area contributed by atoms with Crippen molar-refractivity contribution < 1.29 is 9.13 Å². The fourth-order valence-electron chi connectivity index (χ4n) is 1.64. The summed E-state index contributed by atoms with van der Waals surface area (Å²) in [6.45, 7) is 0.585. The first-order valence-corrected chi connectivity index (χ1v) is 7.31. The summed E-state index contributed by atoms with van der Waals surface area (Å²) in [4.78, 5) is 0. The Morgan fingerprint density at radius 1 is 1.15 bits per heavy atom. The monoisotopic (exact) mass is 377 g/mol. The molecule has 0 aliphatic carbocycles. The van der Waals surface area contributed by atoms with E-state index in [9.17, 15) is 4.39 Å². The molecule has 0 radical (unpaired) electrons. The van der Waals surface area contributed by atoms with E-state index in [0.29, 0.717) is 26.8 Å². The Bertz CT molecular complexity index is 637. The molecule has 0 spiro atoms. The lowest BCUT2D eigenvalue weighted by Gasteiger charge is -2.10. The van der Waals surface area contributed by atoms with Gasteiger partial charge < -0.3 is 10.1 Å². The van der Waals surface area contributed by atoms with Crippen LogP contribution in [0.5, 0.6) is 11.5 Å². The third kappa shape index (κ3) is 3.64. The molecule has 2 aromatic carbocycles. The average Bonchev–Trinajstić information content (AvgIpc) is 2.39. The molecule has 1 N–H and O–H groups in total. The third-order valence-electron chi connectivity index (χ3n) is 2.57. The summed E-state index contributed by atoms with van der Waals surface area (Å²) in [5.74, 6) is -0.0434. The van der Waals surface area contributed by atoms with Gasteiger partial charge in [-0.1, -0.05) is 29.3 Å². The molecule has 0 aliphatic rings. The van der Waals surface area contributed by atoms with Crippen LogP contribution in [0.3, 0.4) is 0 Å². The van der Waals surface area contributed by atoms with Crippen LogP contribution in [0, 0.1) is 5.82 Å². The Kier molecular flexibility index (Phi) is 5.27. The van der Waals surface area contributed by atoms with Gasteiger partial charge in [0.25, 0.3) is 0 Å². The predicted octanol–water partition coefficient (Wildman–Crippen LogP) is 5.41. The van der Waals surface area contributed by atoms with Crippen LogP contribution < -0.4 is 10.1 Å². The smallest absolute Gasteiger partial charge is 0.166 e. The van der Waals surface area contributed by atoms with Crippen LogP contribution in [0.4, 0.5) is 4.39 Å². The van der Waals surface area contributed by atoms with Crippen molar-refractivity contribution in [3.05, 3.63) is 56.2 Å². The van der Waals surface area contributed by atoms with Gasteiger partial charge in [0.2, 0.25) is 0 Å². The van der Waals surface area contributed by atoms with Gasteiger partial charge in [0.05, 0.1) is 10.0 Å². The Morgan fingerprint density at radius 2 is 1.90 bits per heavy atom. The first-order chi connectivity index (χ1) is 9.51. The van der Waals surface area contributed by atoms with Crippen molar-refractivity contribution in [2.45, 2.75) is 6.54 Å². The summed E-state index contributed by atoms with van der Waals surface area (Å²) >= 11 is 15.3. The maximum atomic E-state index is 13.9. The Hall–Kier alpha value is -0.810. The zero-order valence-corrected chi connectivity index (χ0v) is 13.6. The fraction of sp³-hybridized carbons (Fsp3) is 0.143. The van der Waals surface area contributed by atoms with Gasteiger partial charge >= 0.3 is 0 Å². The van der Waals surface area contributed by atoms with E-state index in [-0.39, 0.29) is 5.75 Å². The summed E-state index contributed by atoms with van der Waals surface area (Å²) in [6, 6.07) is 7.90. The Morgan fingerprint density at radius 3 is 2.55 bits per heavy atom. The quantitative estimate of drug-likeness (QED) is 0.718. The molecule has 0 aromatic heterocycles. The largest absolute Gasteiger partial charge is 0.453 e. The number of hydrogen-bond acceptors (Lipinski definition) is 2. The standard InChI is InChI=1S/C14H11BrCl2FNO/c1-19-7-8-2-3-13(12(18)4-8)20-14-6-10(16)9(15)5-11(14)17/h2-6,19H,7H2,1H3. The molecular weight excluding hydrogens is 368 g/mol. The van der Waals surface area contributed by atoms with Gasteiger partial charge in [-0.25, -0.2) is 4.39 Å². The second-order valence-electron chi connectivity index (χ2n) is 4.09. The maximum absolute atomic E-state index is 13.9. The molecule has 2 aromatic rings. The molecule has 20 heavy (non-hydrogen) atoms. The van der Waals surface area contributed by atoms with Crippen LogP contribution in [-0.4, -0.2) is 7.05 Å². The van der Waals surface area contributed by atoms with E-state index in [0.717, 1.165) is 5.56 Å². The number of hydrogen-bond donors (Lipinski definition) is 1. The molecule has 0 bridgehead atoms. The topological polar surface area (TPSA) is 21.3 Å². The second-order valence-corrected chi connectivity index (χ2v) is 5.76. The lowest BCUT2D eigenvalue weighted by molar-refractivity contribution is 0.441. The van der Waals surface area contributed by atoms with Gasteiger partial charge in [-0.3, -0.25) is 0 Å². The molecular formula is C14H11BrCl2FNO. The van der Waals surface area contributed by atoms with E-state index in [1.165, 1.54) is 12.1 Å². The predicted molar refractivity (Wildman–Crippen MR) is 83.4 cm³/mol. The molecule has 0 aliphatic heterocycles. The molecule has 0 unspecified atom stereocenters. The van der Waals surface area contributed by atoms with E-state index in [2.05, 4.69) is 21.2 Å². The number of rotatable bonds is 4. The molecule has 0 atom stereocenters. The van der Waals surface area contributed by atoms with Crippen molar-refractivity contribution in [3.8, 4) is 11.5 Å². The first-order valence-electron chi connectivity index (χ1n) is 5.76. The lowest BCUT2D eigenvalue weighted by atomic mass is 10.2. The molecule has 0 heterocycles. The lowest BCUT2D eigenvalue weighted by Crippen LogP contribution is -2.05. The van der Waals surface area contributed by atoms with Crippen molar-refractivity contribution in [1.82, 2.24) is 5.32 Å². The van der Waals surface area contributed by atoms with E-state index in [1.807, 2.05) is 0 Å². The van der Waals surface area contributed by atoms with Crippen LogP contribution in [0.25, 0.3) is 0 Å². The summed E-state index contributed by atoms with van der Waals surface area (Å²) in [5, 5.41) is 3.74. The summed E-state index contributed by atoms with van der Waals surface area (Å²) in [7, 11) is 1.80. The third-order valence-corrected chi connectivity index (χ3v) is 4.06. The molecule has 0 amide bonds. The van der Waals surface area contributed by atoms with Crippen molar-refractivity contribution in [1.29, 1.82) is 0 Å². The molecule has 6 heteroatoms. The SMILES string of the molecule is CNCc1ccc(Oc2cc(Cl)c(Br)cc2Cl)c(F)c1. The maximum Gasteiger partial charge on any atom is 0.166 e. The number of ether oxygens (including phenoxy) is 1. The van der Waals surface area contributed by atoms with Crippen molar-refractivity contribution in [2.75, 3.05) is 7.05 Å². The summed E-state index contributed by atoms with van der Waals surface area (Å²) < 4.78 is 20.1. The molecule has 2 nitrogen and oxygen atoms in total. The second kappa shape index (κ2) is 6.76. The summed E-state index contributed by atoms with van der Waals surface area (Å²) in [6.07, 6.45) is 0. The Balaban J connectivity index is 2.28. The molecule has 2 rings (SSSR count). The molecule has 106 valence electrons. The van der Waals surface area contributed by atoms with Gasteiger partial charge in [0.1, 0.15) is 5.75 Å². The minimum atomic E-state index is -0.451. The normalized spacial score (nSPS) is 10.7. The van der Waals surface area contributed by atoms with E-state index >= 15 is 0 Å². The minimum absolute atomic E-state index is 0.102. The molecule has 0 saturated carbocycles. The van der Waals surface area contributed by atoms with Crippen LogP contribution in [0.15, 0.2) is 34.8 Å². The van der Waals surface area contributed by atoms with Crippen molar-refractivity contribution in [3.63, 3.8) is 0 Å². The highest BCUT2D eigenvalue weighted by atomic mass is 79.9.